The molecule has 2 aliphatic rings. The summed E-state index contributed by atoms with van der Waals surface area (Å²) in [5.41, 5.74) is 5.97. The molecule has 3 aromatic rings. The fourth-order valence-electron chi connectivity index (χ4n) is 4.59. The van der Waals surface area contributed by atoms with Crippen LogP contribution >= 0.6 is 11.6 Å². The van der Waals surface area contributed by atoms with E-state index in [0.29, 0.717) is 22.2 Å². The molecular formula is C24H20ClNO3. The summed E-state index contributed by atoms with van der Waals surface area (Å²) in [7, 11) is 0. The van der Waals surface area contributed by atoms with Gasteiger partial charge in [0, 0.05) is 16.1 Å². The number of anilines is 1. The second kappa shape index (κ2) is 6.53. The van der Waals surface area contributed by atoms with Crippen LogP contribution in [0.4, 0.5) is 10.5 Å². The van der Waals surface area contributed by atoms with Gasteiger partial charge in [-0.2, -0.15) is 0 Å². The Bertz CT molecular complexity index is 1130. The van der Waals surface area contributed by atoms with Crippen LogP contribution in [0.5, 0.6) is 11.5 Å². The lowest BCUT2D eigenvalue weighted by atomic mass is 9.88. The first-order chi connectivity index (χ1) is 13.9. The number of nitrogens with zero attached hydrogens (tertiary/aromatic N) is 1. The third-order valence-corrected chi connectivity index (χ3v) is 5.89. The number of amides is 1. The van der Waals surface area contributed by atoms with Crippen LogP contribution in [0.15, 0.2) is 54.6 Å². The molecule has 2 aliphatic heterocycles. The maximum atomic E-state index is 13.1. The summed E-state index contributed by atoms with van der Waals surface area (Å²) in [6.07, 6.45) is -0.846. The molecular weight excluding hydrogens is 386 g/mol. The fourth-order valence-corrected chi connectivity index (χ4v) is 4.75. The van der Waals surface area contributed by atoms with Crippen LogP contribution in [-0.4, -0.2) is 6.09 Å². The molecule has 0 N–H and O–H groups in total. The van der Waals surface area contributed by atoms with Gasteiger partial charge < -0.3 is 9.47 Å². The first-order valence-electron chi connectivity index (χ1n) is 9.58. The molecule has 0 radical (unpaired) electrons. The molecule has 0 saturated carbocycles. The smallest absolute Gasteiger partial charge is 0.415 e. The number of hydrogen-bond donors (Lipinski definition) is 0. The number of rotatable bonds is 1. The molecule has 0 aliphatic carbocycles. The van der Waals surface area contributed by atoms with E-state index in [9.17, 15) is 4.79 Å². The van der Waals surface area contributed by atoms with E-state index in [4.69, 9.17) is 21.1 Å². The van der Waals surface area contributed by atoms with Crippen LogP contribution in [0.25, 0.3) is 0 Å². The monoisotopic (exact) mass is 405 g/mol. The highest BCUT2D eigenvalue weighted by Crippen LogP contribution is 2.54. The third-order valence-electron chi connectivity index (χ3n) is 5.65. The summed E-state index contributed by atoms with van der Waals surface area (Å²) in [5, 5.41) is 0.538. The Hall–Kier alpha value is -2.98. The summed E-state index contributed by atoms with van der Waals surface area (Å²) in [4.78, 5) is 14.8. The second-order valence-corrected chi connectivity index (χ2v) is 8.12. The number of hydrogen-bond acceptors (Lipinski definition) is 3. The average Bonchev–Trinajstić information content (AvgIpc) is 2.91. The van der Waals surface area contributed by atoms with Crippen molar-refractivity contribution in [1.82, 2.24) is 0 Å². The van der Waals surface area contributed by atoms with Gasteiger partial charge in [-0.05, 0) is 56.2 Å². The molecule has 5 rings (SSSR count). The zero-order valence-corrected chi connectivity index (χ0v) is 17.2. The number of ether oxygens (including phenoxy) is 2. The summed E-state index contributed by atoms with van der Waals surface area (Å²) >= 11 is 6.27. The van der Waals surface area contributed by atoms with E-state index in [-0.39, 0.29) is 6.04 Å². The summed E-state index contributed by atoms with van der Waals surface area (Å²) in [6, 6.07) is 17.0. The Morgan fingerprint density at radius 2 is 1.66 bits per heavy atom. The van der Waals surface area contributed by atoms with Gasteiger partial charge in [-0.3, -0.25) is 4.90 Å². The predicted octanol–water partition coefficient (Wildman–Crippen LogP) is 6.81. The fraction of sp³-hybridized carbons (Fsp3) is 0.208. The van der Waals surface area contributed by atoms with E-state index < -0.39 is 12.2 Å². The molecule has 0 aromatic heterocycles. The normalized spacial score (nSPS) is 19.6. The largest absolute Gasteiger partial charge is 0.455 e. The first-order valence-corrected chi connectivity index (χ1v) is 9.96. The highest BCUT2D eigenvalue weighted by Gasteiger charge is 2.48. The summed E-state index contributed by atoms with van der Waals surface area (Å²) < 4.78 is 12.2. The lowest BCUT2D eigenvalue weighted by molar-refractivity contribution is 0.131. The van der Waals surface area contributed by atoms with Gasteiger partial charge in [-0.1, -0.05) is 47.5 Å². The molecule has 2 atom stereocenters. The lowest BCUT2D eigenvalue weighted by Gasteiger charge is -2.25. The molecule has 0 spiro atoms. The highest BCUT2D eigenvalue weighted by molar-refractivity contribution is 6.31. The number of fused-ring (bicyclic) bond motifs is 5. The molecule has 4 nitrogen and oxygen atoms in total. The van der Waals surface area contributed by atoms with Gasteiger partial charge in [0.15, 0.2) is 11.9 Å². The van der Waals surface area contributed by atoms with Gasteiger partial charge in [-0.15, -0.1) is 0 Å². The Kier molecular flexibility index (Phi) is 4.07. The van der Waals surface area contributed by atoms with E-state index in [1.807, 2.05) is 24.3 Å². The van der Waals surface area contributed by atoms with Crippen molar-refractivity contribution in [2.75, 3.05) is 4.90 Å². The molecule has 2 heterocycles. The molecule has 0 bridgehead atoms. The van der Waals surface area contributed by atoms with Crippen molar-refractivity contribution in [2.45, 2.75) is 32.9 Å². The number of halogens is 1. The van der Waals surface area contributed by atoms with Crippen molar-refractivity contribution >= 4 is 23.4 Å². The van der Waals surface area contributed by atoms with E-state index in [0.717, 1.165) is 22.3 Å². The number of carbonyl (C=O) groups excluding carboxylic acids is 1. The van der Waals surface area contributed by atoms with Gasteiger partial charge >= 0.3 is 6.09 Å². The molecule has 146 valence electrons. The van der Waals surface area contributed by atoms with Crippen molar-refractivity contribution in [3.63, 3.8) is 0 Å². The maximum absolute atomic E-state index is 13.1. The lowest BCUT2D eigenvalue weighted by Crippen LogP contribution is -2.27. The van der Waals surface area contributed by atoms with Crippen molar-refractivity contribution in [3.8, 4) is 11.5 Å². The Morgan fingerprint density at radius 3 is 2.41 bits per heavy atom. The zero-order chi connectivity index (χ0) is 20.3. The van der Waals surface area contributed by atoms with Gasteiger partial charge in [0.1, 0.15) is 11.8 Å². The van der Waals surface area contributed by atoms with Crippen molar-refractivity contribution in [2.24, 2.45) is 0 Å². The number of aryl methyl sites for hydroxylation is 3. The Morgan fingerprint density at radius 1 is 0.931 bits per heavy atom. The minimum atomic E-state index is -0.446. The van der Waals surface area contributed by atoms with Gasteiger partial charge in [0.2, 0.25) is 0 Å². The number of carbonyl (C=O) groups is 1. The molecule has 1 saturated heterocycles. The molecule has 1 fully saturated rings. The predicted molar refractivity (Wildman–Crippen MR) is 113 cm³/mol. The molecule has 2 unspecified atom stereocenters. The number of benzene rings is 3. The minimum Gasteiger partial charge on any atom is -0.455 e. The van der Waals surface area contributed by atoms with Crippen molar-refractivity contribution in [1.29, 1.82) is 0 Å². The van der Waals surface area contributed by atoms with Gasteiger partial charge in [-0.25, -0.2) is 4.79 Å². The topological polar surface area (TPSA) is 38.8 Å². The molecule has 1 amide bonds. The quantitative estimate of drug-likeness (QED) is 0.446. The van der Waals surface area contributed by atoms with Crippen LogP contribution in [0.1, 0.15) is 40.0 Å². The van der Waals surface area contributed by atoms with Crippen LogP contribution in [0.2, 0.25) is 5.02 Å². The van der Waals surface area contributed by atoms with Crippen LogP contribution in [-0.2, 0) is 4.74 Å². The van der Waals surface area contributed by atoms with Crippen LogP contribution in [0, 0.1) is 20.8 Å². The SMILES string of the molecule is Cc1cc(C)c(C2OC(=O)N3c4cc(Cl)ccc4Oc4ccccc4C23)c(C)c1. The zero-order valence-electron chi connectivity index (χ0n) is 16.4. The average molecular weight is 406 g/mol. The van der Waals surface area contributed by atoms with Gasteiger partial charge in [0.25, 0.3) is 0 Å². The second-order valence-electron chi connectivity index (χ2n) is 7.68. The van der Waals surface area contributed by atoms with Crippen molar-refractivity contribution < 1.29 is 14.3 Å². The van der Waals surface area contributed by atoms with E-state index >= 15 is 0 Å². The van der Waals surface area contributed by atoms with E-state index in [1.54, 1.807) is 23.1 Å². The number of para-hydroxylation sites is 1. The summed E-state index contributed by atoms with van der Waals surface area (Å²) in [5.74, 6) is 1.30. The van der Waals surface area contributed by atoms with Crippen LogP contribution < -0.4 is 9.64 Å². The maximum Gasteiger partial charge on any atom is 0.415 e. The molecule has 3 aromatic carbocycles. The standard InChI is InChI=1S/C24H20ClNO3/c1-13-10-14(2)21(15(3)11-13)23-22-17-6-4-5-7-19(17)28-20-9-8-16(25)12-18(20)26(22)24(27)29-23/h4-12,22-23H,1-3H3. The third kappa shape index (κ3) is 2.78. The molecule has 29 heavy (non-hydrogen) atoms. The minimum absolute atomic E-state index is 0.349. The number of cyclic esters (lactones) is 1. The molecule has 5 heteroatoms. The Labute approximate surface area is 174 Å². The van der Waals surface area contributed by atoms with E-state index in [1.165, 1.54) is 5.56 Å². The first kappa shape index (κ1) is 18.1. The van der Waals surface area contributed by atoms with E-state index in [2.05, 4.69) is 32.9 Å². The van der Waals surface area contributed by atoms with Gasteiger partial charge in [0.05, 0.1) is 5.69 Å². The summed E-state index contributed by atoms with van der Waals surface area (Å²) in [6.45, 7) is 6.20. The highest BCUT2D eigenvalue weighted by atomic mass is 35.5. The van der Waals surface area contributed by atoms with Crippen LogP contribution in [0.3, 0.4) is 0 Å². The Balaban J connectivity index is 1.77. The van der Waals surface area contributed by atoms with Crippen molar-refractivity contribution in [3.05, 3.63) is 87.4 Å².